The van der Waals surface area contributed by atoms with E-state index >= 15 is 0 Å². The fourth-order valence-electron chi connectivity index (χ4n) is 4.41. The molecule has 2 aliphatic rings. The van der Waals surface area contributed by atoms with E-state index in [1.54, 1.807) is 7.11 Å². The molecule has 2 aromatic carbocycles. The summed E-state index contributed by atoms with van der Waals surface area (Å²) in [6.07, 6.45) is 2.13. The lowest BCUT2D eigenvalue weighted by Crippen LogP contribution is -2.52. The number of ether oxygens (including phenoxy) is 2. The molecular weight excluding hydrogens is 366 g/mol. The van der Waals surface area contributed by atoms with Crippen LogP contribution in [-0.2, 0) is 11.2 Å². The molecule has 2 aromatic rings. The Kier molecular flexibility index (Phi) is 5.07. The van der Waals surface area contributed by atoms with Crippen molar-refractivity contribution in [2.24, 2.45) is 0 Å². The van der Waals surface area contributed by atoms with E-state index in [0.717, 1.165) is 28.2 Å². The second-order valence-electron chi connectivity index (χ2n) is 8.25. The lowest BCUT2D eigenvalue weighted by atomic mass is 9.81. The van der Waals surface area contributed by atoms with Crippen LogP contribution in [0.1, 0.15) is 46.3 Å². The molecule has 4 rings (SSSR count). The monoisotopic (exact) mass is 393 g/mol. The molecule has 1 amide bonds. The largest absolute Gasteiger partial charge is 0.497 e. The molecule has 0 atom stereocenters. The number of benzene rings is 2. The van der Waals surface area contributed by atoms with Crippen molar-refractivity contribution in [2.45, 2.75) is 45.1 Å². The average Bonchev–Trinajstić information content (AvgIpc) is 2.70. The van der Waals surface area contributed by atoms with Gasteiger partial charge in [0.05, 0.1) is 25.5 Å². The summed E-state index contributed by atoms with van der Waals surface area (Å²) in [4.78, 5) is 27.4. The van der Waals surface area contributed by atoms with Crippen LogP contribution in [0.25, 0.3) is 0 Å². The number of carbonyl (C=O) groups is 2. The van der Waals surface area contributed by atoms with E-state index in [9.17, 15) is 9.59 Å². The molecule has 1 spiro atoms. The zero-order valence-corrected chi connectivity index (χ0v) is 17.3. The van der Waals surface area contributed by atoms with Crippen LogP contribution in [0, 0.1) is 13.8 Å². The highest BCUT2D eigenvalue weighted by Gasteiger charge is 2.44. The van der Waals surface area contributed by atoms with Crippen LogP contribution in [0.15, 0.2) is 36.4 Å². The van der Waals surface area contributed by atoms with E-state index < -0.39 is 5.60 Å². The molecule has 1 saturated heterocycles. The Labute approximate surface area is 171 Å². The molecule has 0 radical (unpaired) electrons. The highest BCUT2D eigenvalue weighted by molar-refractivity contribution is 6.01. The lowest BCUT2D eigenvalue weighted by Gasteiger charge is -2.44. The summed E-state index contributed by atoms with van der Waals surface area (Å²) in [5, 5.41) is 0. The number of fused-ring (bicyclic) bond motifs is 1. The molecule has 0 bridgehead atoms. The van der Waals surface area contributed by atoms with Gasteiger partial charge in [0.1, 0.15) is 17.1 Å². The number of rotatable bonds is 3. The van der Waals surface area contributed by atoms with Crippen LogP contribution in [0.5, 0.6) is 11.5 Å². The Morgan fingerprint density at radius 1 is 1.14 bits per heavy atom. The van der Waals surface area contributed by atoms with E-state index in [1.807, 2.05) is 49.1 Å². The van der Waals surface area contributed by atoms with Crippen LogP contribution >= 0.6 is 0 Å². The molecule has 2 aliphatic heterocycles. The van der Waals surface area contributed by atoms with Gasteiger partial charge in [-0.1, -0.05) is 18.2 Å². The van der Waals surface area contributed by atoms with Gasteiger partial charge in [0, 0.05) is 25.9 Å². The summed E-state index contributed by atoms with van der Waals surface area (Å²) in [7, 11) is 1.63. The fourth-order valence-corrected chi connectivity index (χ4v) is 4.41. The molecule has 0 N–H and O–H groups in total. The van der Waals surface area contributed by atoms with Crippen molar-refractivity contribution in [3.05, 3.63) is 58.7 Å². The number of ketones is 1. The minimum Gasteiger partial charge on any atom is -0.497 e. The molecule has 0 unspecified atom stereocenters. The van der Waals surface area contributed by atoms with Crippen molar-refractivity contribution in [1.82, 2.24) is 4.90 Å². The molecule has 0 aliphatic carbocycles. The summed E-state index contributed by atoms with van der Waals surface area (Å²) in [6.45, 7) is 5.22. The third-order valence-electron chi connectivity index (χ3n) is 6.06. The van der Waals surface area contributed by atoms with Crippen molar-refractivity contribution in [1.29, 1.82) is 0 Å². The van der Waals surface area contributed by atoms with E-state index in [0.29, 0.717) is 44.3 Å². The predicted octanol–water partition coefficient (Wildman–Crippen LogP) is 3.88. The average molecular weight is 393 g/mol. The lowest BCUT2D eigenvalue weighted by molar-refractivity contribution is -0.134. The molecule has 0 saturated carbocycles. The highest BCUT2D eigenvalue weighted by atomic mass is 16.5. The third kappa shape index (κ3) is 3.86. The minimum absolute atomic E-state index is 0.111. The number of aryl methyl sites for hydroxylation is 2. The van der Waals surface area contributed by atoms with Gasteiger partial charge in [-0.05, 0) is 48.7 Å². The molecule has 5 nitrogen and oxygen atoms in total. The Bertz CT molecular complexity index is 940. The normalized spacial score (nSPS) is 17.6. The SMILES string of the molecule is COc1ccc(CC(=O)N2CCC3(CC2)CC(=O)c2cc(C)cc(C)c2O3)cc1. The van der Waals surface area contributed by atoms with Crippen LogP contribution in [-0.4, -0.2) is 42.4 Å². The second-order valence-corrected chi connectivity index (χ2v) is 8.25. The van der Waals surface area contributed by atoms with Gasteiger partial charge in [-0.15, -0.1) is 0 Å². The Balaban J connectivity index is 1.42. The van der Waals surface area contributed by atoms with Gasteiger partial charge in [-0.3, -0.25) is 9.59 Å². The topological polar surface area (TPSA) is 55.8 Å². The number of Topliss-reactive ketones (excluding diaryl/α,β-unsaturated/α-hetero) is 1. The number of likely N-dealkylation sites (tertiary alicyclic amines) is 1. The zero-order valence-electron chi connectivity index (χ0n) is 17.3. The van der Waals surface area contributed by atoms with Crippen LogP contribution in [0.2, 0.25) is 0 Å². The smallest absolute Gasteiger partial charge is 0.226 e. The van der Waals surface area contributed by atoms with Crippen LogP contribution < -0.4 is 9.47 Å². The van der Waals surface area contributed by atoms with E-state index in [-0.39, 0.29) is 11.7 Å². The third-order valence-corrected chi connectivity index (χ3v) is 6.06. The van der Waals surface area contributed by atoms with Crippen molar-refractivity contribution >= 4 is 11.7 Å². The first-order valence-electron chi connectivity index (χ1n) is 10.1. The number of carbonyl (C=O) groups excluding carboxylic acids is 2. The first-order valence-corrected chi connectivity index (χ1v) is 10.1. The van der Waals surface area contributed by atoms with E-state index in [4.69, 9.17) is 9.47 Å². The van der Waals surface area contributed by atoms with Gasteiger partial charge in [0.2, 0.25) is 5.91 Å². The molecule has 5 heteroatoms. The quantitative estimate of drug-likeness (QED) is 0.794. The fraction of sp³-hybridized carbons (Fsp3) is 0.417. The number of hydrogen-bond donors (Lipinski definition) is 0. The molecule has 2 heterocycles. The Morgan fingerprint density at radius 2 is 1.83 bits per heavy atom. The summed E-state index contributed by atoms with van der Waals surface area (Å²) < 4.78 is 11.6. The summed E-state index contributed by atoms with van der Waals surface area (Å²) >= 11 is 0. The minimum atomic E-state index is -0.485. The second kappa shape index (κ2) is 7.54. The predicted molar refractivity (Wildman–Crippen MR) is 111 cm³/mol. The zero-order chi connectivity index (χ0) is 20.6. The standard InChI is InChI=1S/C24H27NO4/c1-16-12-17(2)23-20(13-16)21(26)15-24(29-23)8-10-25(11-9-24)22(27)14-18-4-6-19(28-3)7-5-18/h4-7,12-13H,8-11,14-15H2,1-3H3. The van der Waals surface area contributed by atoms with Crippen LogP contribution in [0.4, 0.5) is 0 Å². The van der Waals surface area contributed by atoms with Crippen molar-refractivity contribution < 1.29 is 19.1 Å². The number of methoxy groups -OCH3 is 1. The maximum absolute atomic E-state index is 12.8. The molecular formula is C24H27NO4. The molecule has 1 fully saturated rings. The van der Waals surface area contributed by atoms with Gasteiger partial charge in [-0.25, -0.2) is 0 Å². The van der Waals surface area contributed by atoms with Gasteiger partial charge >= 0.3 is 0 Å². The Morgan fingerprint density at radius 3 is 2.48 bits per heavy atom. The Hall–Kier alpha value is -2.82. The summed E-state index contributed by atoms with van der Waals surface area (Å²) in [5.74, 6) is 1.77. The van der Waals surface area contributed by atoms with Gasteiger partial charge in [0.25, 0.3) is 0 Å². The van der Waals surface area contributed by atoms with Gasteiger partial charge in [0.15, 0.2) is 5.78 Å². The van der Waals surface area contributed by atoms with E-state index in [2.05, 4.69) is 6.07 Å². The van der Waals surface area contributed by atoms with Gasteiger partial charge in [-0.2, -0.15) is 0 Å². The number of nitrogens with zero attached hydrogens (tertiary/aromatic N) is 1. The van der Waals surface area contributed by atoms with Crippen molar-refractivity contribution in [3.8, 4) is 11.5 Å². The number of amides is 1. The number of piperidine rings is 1. The first kappa shape index (κ1) is 19.5. The maximum Gasteiger partial charge on any atom is 0.226 e. The van der Waals surface area contributed by atoms with Gasteiger partial charge < -0.3 is 14.4 Å². The maximum atomic E-state index is 12.8. The molecule has 29 heavy (non-hydrogen) atoms. The number of hydrogen-bond acceptors (Lipinski definition) is 4. The van der Waals surface area contributed by atoms with Crippen molar-refractivity contribution in [2.75, 3.05) is 20.2 Å². The molecule has 152 valence electrons. The van der Waals surface area contributed by atoms with Crippen molar-refractivity contribution in [3.63, 3.8) is 0 Å². The first-order chi connectivity index (χ1) is 13.9. The summed E-state index contributed by atoms with van der Waals surface area (Å²) in [6, 6.07) is 11.6. The molecule has 0 aromatic heterocycles. The summed E-state index contributed by atoms with van der Waals surface area (Å²) in [5.41, 5.74) is 3.27. The van der Waals surface area contributed by atoms with E-state index in [1.165, 1.54) is 0 Å². The van der Waals surface area contributed by atoms with Crippen LogP contribution in [0.3, 0.4) is 0 Å². The highest BCUT2D eigenvalue weighted by Crippen LogP contribution is 2.41.